The zero-order valence-electron chi connectivity index (χ0n) is 13.6. The first-order chi connectivity index (χ1) is 11.6. The van der Waals surface area contributed by atoms with Crippen molar-refractivity contribution in [3.63, 3.8) is 0 Å². The molecule has 0 amide bonds. The number of nitrogens with zero attached hydrogens (tertiary/aromatic N) is 2. The maximum Gasteiger partial charge on any atom is 0.160 e. The van der Waals surface area contributed by atoms with Crippen LogP contribution in [-0.4, -0.2) is 23.9 Å². The van der Waals surface area contributed by atoms with Crippen LogP contribution in [0.5, 0.6) is 0 Å². The van der Waals surface area contributed by atoms with E-state index in [0.717, 1.165) is 33.3 Å². The zero-order valence-corrected chi connectivity index (χ0v) is 14.4. The van der Waals surface area contributed by atoms with Crippen molar-refractivity contribution in [3.05, 3.63) is 47.3 Å². The number of hydrogen-bond acceptors (Lipinski definition) is 3. The SMILES string of the molecule is Cc1cc(-c2nccc3n[nH]c(C4CC4)c23)ccc1C(C)S(=O)O. The van der Waals surface area contributed by atoms with Crippen LogP contribution in [0.15, 0.2) is 30.5 Å². The molecule has 2 atom stereocenters. The summed E-state index contributed by atoms with van der Waals surface area (Å²) in [5.41, 5.74) is 5.95. The normalized spacial score (nSPS) is 17.1. The van der Waals surface area contributed by atoms with Crippen molar-refractivity contribution < 1.29 is 8.76 Å². The number of aromatic amines is 1. The van der Waals surface area contributed by atoms with Gasteiger partial charge in [0, 0.05) is 28.8 Å². The summed E-state index contributed by atoms with van der Waals surface area (Å²) in [6.45, 7) is 3.73. The van der Waals surface area contributed by atoms with Crippen LogP contribution < -0.4 is 0 Å². The number of fused-ring (bicyclic) bond motifs is 1. The molecular weight excluding hydrogens is 322 g/mol. The van der Waals surface area contributed by atoms with Crippen molar-refractivity contribution in [2.45, 2.75) is 37.9 Å². The number of pyridine rings is 1. The van der Waals surface area contributed by atoms with Gasteiger partial charge in [0.1, 0.15) is 0 Å². The number of aryl methyl sites for hydroxylation is 1. The summed E-state index contributed by atoms with van der Waals surface area (Å²) in [4.78, 5) is 4.60. The van der Waals surface area contributed by atoms with Crippen LogP contribution in [0.2, 0.25) is 0 Å². The van der Waals surface area contributed by atoms with Crippen LogP contribution >= 0.6 is 0 Å². The van der Waals surface area contributed by atoms with E-state index in [1.54, 1.807) is 13.1 Å². The molecule has 2 heterocycles. The molecule has 2 N–H and O–H groups in total. The second-order valence-corrected chi connectivity index (χ2v) is 7.71. The summed E-state index contributed by atoms with van der Waals surface area (Å²) < 4.78 is 20.7. The minimum absolute atomic E-state index is 0.404. The fourth-order valence-corrected chi connectivity index (χ4v) is 3.74. The van der Waals surface area contributed by atoms with Crippen LogP contribution in [-0.2, 0) is 11.1 Å². The molecule has 3 aromatic rings. The maximum absolute atomic E-state index is 11.4. The number of benzene rings is 1. The summed E-state index contributed by atoms with van der Waals surface area (Å²) in [6, 6.07) is 7.89. The Morgan fingerprint density at radius 2 is 2.12 bits per heavy atom. The minimum Gasteiger partial charge on any atom is -0.306 e. The smallest absolute Gasteiger partial charge is 0.160 e. The largest absolute Gasteiger partial charge is 0.306 e. The number of hydrogen-bond donors (Lipinski definition) is 2. The highest BCUT2D eigenvalue weighted by Crippen LogP contribution is 2.44. The molecule has 1 fully saturated rings. The highest BCUT2D eigenvalue weighted by molar-refractivity contribution is 7.79. The van der Waals surface area contributed by atoms with Gasteiger partial charge in [-0.25, -0.2) is 4.21 Å². The minimum atomic E-state index is -1.87. The van der Waals surface area contributed by atoms with Crippen LogP contribution in [0.1, 0.15) is 47.8 Å². The Balaban J connectivity index is 1.85. The van der Waals surface area contributed by atoms with Crippen molar-refractivity contribution in [1.29, 1.82) is 0 Å². The van der Waals surface area contributed by atoms with E-state index in [2.05, 4.69) is 15.2 Å². The van der Waals surface area contributed by atoms with Crippen LogP contribution in [0.3, 0.4) is 0 Å². The Hall–Kier alpha value is -2.05. The molecule has 2 unspecified atom stereocenters. The second kappa shape index (κ2) is 5.79. The standard InChI is InChI=1S/C18H19N3O2S/c1-10-9-13(5-6-14(10)11(2)24(22)23)17-16-15(7-8-19-17)20-21-18(16)12-3-4-12/h5-9,11-12H,3-4H2,1-2H3,(H,20,21)(H,22,23). The zero-order chi connectivity index (χ0) is 16.8. The molecule has 1 aliphatic rings. The van der Waals surface area contributed by atoms with Crippen molar-refractivity contribution in [2.75, 3.05) is 0 Å². The number of rotatable bonds is 4. The second-order valence-electron chi connectivity index (χ2n) is 6.46. The lowest BCUT2D eigenvalue weighted by atomic mass is 9.98. The molecule has 0 spiro atoms. The molecule has 4 rings (SSSR count). The highest BCUT2D eigenvalue weighted by atomic mass is 32.2. The summed E-state index contributed by atoms with van der Waals surface area (Å²) in [7, 11) is 0. The van der Waals surface area contributed by atoms with Crippen LogP contribution in [0.25, 0.3) is 22.2 Å². The van der Waals surface area contributed by atoms with Crippen LogP contribution in [0, 0.1) is 6.92 Å². The van der Waals surface area contributed by atoms with Gasteiger partial charge in [-0.1, -0.05) is 12.1 Å². The fourth-order valence-electron chi connectivity index (χ4n) is 3.26. The summed E-state index contributed by atoms with van der Waals surface area (Å²) in [5.74, 6) is 0.565. The first kappa shape index (κ1) is 15.5. The third-order valence-electron chi connectivity index (χ3n) is 4.76. The van der Waals surface area contributed by atoms with Gasteiger partial charge in [0.15, 0.2) is 11.1 Å². The highest BCUT2D eigenvalue weighted by Gasteiger charge is 2.29. The molecule has 0 radical (unpaired) electrons. The quantitative estimate of drug-likeness (QED) is 0.701. The number of H-pyrrole nitrogens is 1. The lowest BCUT2D eigenvalue weighted by Crippen LogP contribution is -2.03. The molecule has 1 saturated carbocycles. The summed E-state index contributed by atoms with van der Waals surface area (Å²) in [5, 5.41) is 8.30. The van der Waals surface area contributed by atoms with Gasteiger partial charge < -0.3 is 4.55 Å². The van der Waals surface area contributed by atoms with Gasteiger partial charge in [-0.05, 0) is 49.9 Å². The Bertz CT molecular complexity index is 947. The van der Waals surface area contributed by atoms with E-state index < -0.39 is 16.3 Å². The first-order valence-corrected chi connectivity index (χ1v) is 9.27. The Morgan fingerprint density at radius 3 is 2.79 bits per heavy atom. The summed E-state index contributed by atoms with van der Waals surface area (Å²) in [6.07, 6.45) is 4.18. The third-order valence-corrected chi connectivity index (χ3v) is 5.62. The number of nitrogens with one attached hydrogen (secondary N) is 1. The summed E-state index contributed by atoms with van der Waals surface area (Å²) >= 11 is -1.87. The molecule has 0 saturated heterocycles. The molecule has 1 aliphatic carbocycles. The Labute approximate surface area is 142 Å². The average molecular weight is 341 g/mol. The van der Waals surface area contributed by atoms with E-state index >= 15 is 0 Å². The van der Waals surface area contributed by atoms with Gasteiger partial charge in [0.2, 0.25) is 0 Å². The van der Waals surface area contributed by atoms with Gasteiger partial charge in [-0.15, -0.1) is 0 Å². The van der Waals surface area contributed by atoms with Gasteiger partial charge >= 0.3 is 0 Å². The van der Waals surface area contributed by atoms with E-state index in [-0.39, 0.29) is 0 Å². The molecule has 1 aromatic carbocycles. The monoisotopic (exact) mass is 341 g/mol. The molecule has 2 aromatic heterocycles. The molecule has 0 bridgehead atoms. The van der Waals surface area contributed by atoms with E-state index in [0.29, 0.717) is 5.92 Å². The predicted molar refractivity (Wildman–Crippen MR) is 95.2 cm³/mol. The average Bonchev–Trinajstić information content (AvgIpc) is 3.32. The van der Waals surface area contributed by atoms with Crippen molar-refractivity contribution in [3.8, 4) is 11.3 Å². The first-order valence-electron chi connectivity index (χ1n) is 8.10. The van der Waals surface area contributed by atoms with E-state index in [4.69, 9.17) is 0 Å². The van der Waals surface area contributed by atoms with E-state index in [1.807, 2.05) is 31.2 Å². The molecule has 6 heteroatoms. The van der Waals surface area contributed by atoms with Crippen molar-refractivity contribution in [1.82, 2.24) is 15.2 Å². The number of aromatic nitrogens is 3. The lowest BCUT2D eigenvalue weighted by molar-refractivity contribution is 0.553. The van der Waals surface area contributed by atoms with Crippen molar-refractivity contribution >= 4 is 22.0 Å². The van der Waals surface area contributed by atoms with Crippen molar-refractivity contribution in [2.24, 2.45) is 0 Å². The Kier molecular flexibility index (Phi) is 3.73. The topological polar surface area (TPSA) is 78.9 Å². The predicted octanol–water partition coefficient (Wildman–Crippen LogP) is 4.09. The molecular formula is C18H19N3O2S. The molecule has 5 nitrogen and oxygen atoms in total. The van der Waals surface area contributed by atoms with Gasteiger partial charge in [0.05, 0.1) is 16.5 Å². The Morgan fingerprint density at radius 1 is 1.33 bits per heavy atom. The maximum atomic E-state index is 11.4. The molecule has 124 valence electrons. The van der Waals surface area contributed by atoms with E-state index in [1.165, 1.54) is 18.5 Å². The van der Waals surface area contributed by atoms with Crippen LogP contribution in [0.4, 0.5) is 0 Å². The third kappa shape index (κ3) is 2.56. The lowest BCUT2D eigenvalue weighted by Gasteiger charge is -2.13. The van der Waals surface area contributed by atoms with Gasteiger partial charge in [-0.2, -0.15) is 5.10 Å². The molecule has 24 heavy (non-hydrogen) atoms. The fraction of sp³-hybridized carbons (Fsp3) is 0.333. The van der Waals surface area contributed by atoms with E-state index in [9.17, 15) is 8.76 Å². The van der Waals surface area contributed by atoms with Gasteiger partial charge in [0.25, 0.3) is 0 Å². The molecule has 0 aliphatic heterocycles. The van der Waals surface area contributed by atoms with Gasteiger partial charge in [-0.3, -0.25) is 10.1 Å².